The Hall–Kier alpha value is -2.34. The van der Waals surface area contributed by atoms with E-state index in [-0.39, 0.29) is 24.7 Å². The lowest BCUT2D eigenvalue weighted by molar-refractivity contribution is -0.947. The molecule has 0 aromatic heterocycles. The lowest BCUT2D eigenvalue weighted by atomic mass is 9.91. The number of benzene rings is 3. The first-order valence-electron chi connectivity index (χ1n) is 9.94. The Labute approximate surface area is 189 Å². The minimum atomic E-state index is -0.215. The third-order valence-electron chi connectivity index (χ3n) is 5.36. The van der Waals surface area contributed by atoms with Crippen LogP contribution in [0.5, 0.6) is 0 Å². The molecular weight excluding hydrogens is 464 g/mol. The lowest BCUT2D eigenvalue weighted by Gasteiger charge is -2.41. The molecule has 0 bridgehead atoms. The number of esters is 1. The normalized spacial score (nSPS) is 20.2. The topological polar surface area (TPSA) is 42.8 Å². The van der Waals surface area contributed by atoms with Gasteiger partial charge in [-0.1, -0.05) is 57.9 Å². The summed E-state index contributed by atoms with van der Waals surface area (Å²) in [7, 11) is 0. The predicted molar refractivity (Wildman–Crippen MR) is 123 cm³/mol. The van der Waals surface area contributed by atoms with Gasteiger partial charge in [0, 0.05) is 31.9 Å². The lowest BCUT2D eigenvalue weighted by Crippen LogP contribution is -3.15. The average Bonchev–Trinajstić information content (AvgIpc) is 2.75. The van der Waals surface area contributed by atoms with Gasteiger partial charge in [0.05, 0.1) is 6.61 Å². The van der Waals surface area contributed by atoms with E-state index in [1.54, 1.807) is 0 Å². The fourth-order valence-electron chi connectivity index (χ4n) is 4.09. The molecule has 1 unspecified atom stereocenters. The molecule has 3 atom stereocenters. The molecule has 3 aromatic rings. The summed E-state index contributed by atoms with van der Waals surface area (Å²) < 4.78 is 6.33. The van der Waals surface area contributed by atoms with E-state index in [4.69, 9.17) is 16.3 Å². The number of carbonyl (C=O) groups excluding carboxylic acids is 1. The zero-order valence-corrected chi connectivity index (χ0v) is 18.9. The van der Waals surface area contributed by atoms with Crippen LogP contribution in [0.15, 0.2) is 77.3 Å². The van der Waals surface area contributed by atoms with E-state index in [9.17, 15) is 4.79 Å². The van der Waals surface area contributed by atoms with E-state index in [0.717, 1.165) is 31.8 Å². The first-order chi connectivity index (χ1) is 14.6. The fourth-order valence-corrected chi connectivity index (χ4v) is 4.60. The van der Waals surface area contributed by atoms with E-state index >= 15 is 0 Å². The van der Waals surface area contributed by atoms with Gasteiger partial charge in [0.25, 0.3) is 0 Å². The first-order valence-corrected chi connectivity index (χ1v) is 11.1. The number of rotatable bonds is 5. The summed E-state index contributed by atoms with van der Waals surface area (Å²) in [6, 6.07) is 24.3. The summed E-state index contributed by atoms with van der Waals surface area (Å²) in [6.45, 7) is 2.43. The van der Waals surface area contributed by atoms with Crippen LogP contribution in [0.1, 0.15) is 35.8 Å². The molecule has 3 aromatic carbocycles. The molecule has 2 N–H and O–H groups in total. The minimum Gasteiger partial charge on any atom is -0.462 e. The van der Waals surface area contributed by atoms with Crippen molar-refractivity contribution in [2.45, 2.75) is 19.1 Å². The molecule has 4 rings (SSSR count). The molecule has 4 nitrogen and oxygen atoms in total. The highest BCUT2D eigenvalue weighted by Crippen LogP contribution is 2.35. The van der Waals surface area contributed by atoms with Gasteiger partial charge in [-0.25, -0.2) is 4.79 Å². The van der Waals surface area contributed by atoms with Gasteiger partial charge < -0.3 is 10.1 Å². The van der Waals surface area contributed by atoms with Gasteiger partial charge in [-0.05, 0) is 49.4 Å². The predicted octanol–water partition coefficient (Wildman–Crippen LogP) is 4.76. The van der Waals surface area contributed by atoms with Crippen molar-refractivity contribution >= 4 is 39.2 Å². The second-order valence-corrected chi connectivity index (χ2v) is 8.61. The maximum absolute atomic E-state index is 12.6. The number of carbonyl (C=O) groups is 1. The molecule has 30 heavy (non-hydrogen) atoms. The molecule has 1 heterocycles. The Kier molecular flexibility index (Phi) is 6.42. The van der Waals surface area contributed by atoms with Gasteiger partial charge in [0.1, 0.15) is 6.04 Å². The third-order valence-corrected chi connectivity index (χ3v) is 6.10. The maximum atomic E-state index is 12.6. The van der Waals surface area contributed by atoms with Gasteiger partial charge in [-0.15, -0.1) is 0 Å². The zero-order chi connectivity index (χ0) is 21.1. The van der Waals surface area contributed by atoms with Crippen molar-refractivity contribution in [3.8, 4) is 0 Å². The second kappa shape index (κ2) is 9.21. The van der Waals surface area contributed by atoms with Gasteiger partial charge in [-0.3, -0.25) is 4.90 Å². The molecule has 154 valence electrons. The van der Waals surface area contributed by atoms with Crippen LogP contribution in [-0.4, -0.2) is 19.1 Å². The van der Waals surface area contributed by atoms with Gasteiger partial charge in [0.2, 0.25) is 0 Å². The monoisotopic (exact) mass is 485 g/mol. The summed E-state index contributed by atoms with van der Waals surface area (Å²) in [5, 5.41) is 4.33. The van der Waals surface area contributed by atoms with Crippen LogP contribution in [0.4, 0.5) is 5.69 Å². The van der Waals surface area contributed by atoms with E-state index in [1.165, 1.54) is 0 Å². The van der Waals surface area contributed by atoms with Crippen molar-refractivity contribution in [3.63, 3.8) is 0 Å². The smallest absolute Gasteiger partial charge is 0.361 e. The van der Waals surface area contributed by atoms with Crippen LogP contribution in [0.25, 0.3) is 0 Å². The molecular formula is C24H23BrClN2O2+. The standard InChI is InChI=1S/C24H22BrClN2O2/c1-2-30-22(29)15-28-23(16-6-4-3-5-7-16)20-14-18(25)10-13-21(20)27-24(28)17-8-11-19(26)12-9-17/h3-14,23-24,27H,2,15H2,1H3/p+1/t23-,24-/m0/s1. The van der Waals surface area contributed by atoms with Crippen LogP contribution >= 0.6 is 27.5 Å². The van der Waals surface area contributed by atoms with Crippen LogP contribution in [0.2, 0.25) is 5.02 Å². The van der Waals surface area contributed by atoms with E-state index < -0.39 is 0 Å². The highest BCUT2D eigenvalue weighted by atomic mass is 79.9. The molecule has 0 fully saturated rings. The quantitative estimate of drug-likeness (QED) is 0.511. The molecule has 0 saturated carbocycles. The van der Waals surface area contributed by atoms with E-state index in [2.05, 4.69) is 45.5 Å². The molecule has 1 aliphatic heterocycles. The molecule has 0 amide bonds. The summed E-state index contributed by atoms with van der Waals surface area (Å²) in [5.41, 5.74) is 4.41. The highest BCUT2D eigenvalue weighted by Gasteiger charge is 2.41. The molecule has 1 aliphatic rings. The van der Waals surface area contributed by atoms with E-state index in [0.29, 0.717) is 11.6 Å². The largest absolute Gasteiger partial charge is 0.462 e. The van der Waals surface area contributed by atoms with Crippen LogP contribution in [-0.2, 0) is 9.53 Å². The average molecular weight is 487 g/mol. The van der Waals surface area contributed by atoms with Crippen LogP contribution < -0.4 is 10.2 Å². The van der Waals surface area contributed by atoms with Gasteiger partial charge >= 0.3 is 5.97 Å². The Balaban J connectivity index is 1.86. The third kappa shape index (κ3) is 4.38. The van der Waals surface area contributed by atoms with E-state index in [1.807, 2.05) is 55.5 Å². The SMILES string of the molecule is CCOC(=O)C[NH+]1[C@@H](c2ccccc2)c2cc(Br)ccc2N[C@@H]1c1ccc(Cl)cc1. The van der Waals surface area contributed by atoms with Gasteiger partial charge in [0.15, 0.2) is 12.7 Å². The highest BCUT2D eigenvalue weighted by molar-refractivity contribution is 9.10. The number of nitrogens with one attached hydrogen (secondary N) is 2. The number of hydrogen-bond acceptors (Lipinski definition) is 3. The van der Waals surface area contributed by atoms with Crippen LogP contribution in [0, 0.1) is 0 Å². The van der Waals surface area contributed by atoms with Gasteiger partial charge in [-0.2, -0.15) is 0 Å². The molecule has 0 radical (unpaired) electrons. The minimum absolute atomic E-state index is 0.0370. The number of anilines is 1. The van der Waals surface area contributed by atoms with Crippen molar-refractivity contribution in [2.75, 3.05) is 18.5 Å². The Morgan fingerprint density at radius 3 is 2.50 bits per heavy atom. The summed E-state index contributed by atoms with van der Waals surface area (Å²) in [6.07, 6.45) is -0.134. The number of quaternary nitrogens is 1. The van der Waals surface area contributed by atoms with Crippen molar-refractivity contribution in [3.05, 3.63) is 99.0 Å². The van der Waals surface area contributed by atoms with Crippen molar-refractivity contribution in [1.29, 1.82) is 0 Å². The van der Waals surface area contributed by atoms with Crippen molar-refractivity contribution in [2.24, 2.45) is 0 Å². The summed E-state index contributed by atoms with van der Waals surface area (Å²) in [5.74, 6) is -0.215. The Bertz CT molecular complexity index is 1030. The molecule has 6 heteroatoms. The molecule has 0 saturated heterocycles. The Morgan fingerprint density at radius 2 is 1.80 bits per heavy atom. The summed E-state index contributed by atoms with van der Waals surface area (Å²) >= 11 is 9.74. The fraction of sp³-hybridized carbons (Fsp3) is 0.208. The number of fused-ring (bicyclic) bond motifs is 1. The van der Waals surface area contributed by atoms with Crippen molar-refractivity contribution < 1.29 is 14.4 Å². The first kappa shape index (κ1) is 20.9. The Morgan fingerprint density at radius 1 is 1.07 bits per heavy atom. The van der Waals surface area contributed by atoms with Crippen LogP contribution in [0.3, 0.4) is 0 Å². The zero-order valence-electron chi connectivity index (χ0n) is 16.6. The molecule has 0 aliphatic carbocycles. The van der Waals surface area contributed by atoms with Crippen molar-refractivity contribution in [1.82, 2.24) is 0 Å². The maximum Gasteiger partial charge on any atom is 0.361 e. The number of ether oxygens (including phenoxy) is 1. The number of halogens is 2. The summed E-state index contributed by atoms with van der Waals surface area (Å²) in [4.78, 5) is 13.7. The number of hydrogen-bond donors (Lipinski definition) is 2. The molecule has 0 spiro atoms. The second-order valence-electron chi connectivity index (χ2n) is 7.26.